The largest absolute Gasteiger partial charge is 0.495 e. The van der Waals surface area contributed by atoms with Crippen molar-refractivity contribution >= 4 is 21.7 Å². The first kappa shape index (κ1) is 27.9. The van der Waals surface area contributed by atoms with Crippen LogP contribution < -0.4 is 9.46 Å². The van der Waals surface area contributed by atoms with E-state index in [0.717, 1.165) is 38.5 Å². The van der Waals surface area contributed by atoms with Gasteiger partial charge in [-0.2, -0.15) is 0 Å². The lowest BCUT2D eigenvalue weighted by atomic mass is 9.88. The molecule has 0 amide bonds. The minimum absolute atomic E-state index is 0.00871. The molecular weight excluding hydrogens is 483 g/mol. The highest BCUT2D eigenvalue weighted by atomic mass is 32.2. The Balaban J connectivity index is 2.01. The van der Waals surface area contributed by atoms with Gasteiger partial charge in [-0.15, -0.1) is 0 Å². The highest BCUT2D eigenvalue weighted by Crippen LogP contribution is 2.39. The lowest BCUT2D eigenvalue weighted by Crippen LogP contribution is -2.36. The van der Waals surface area contributed by atoms with Crippen molar-refractivity contribution in [1.82, 2.24) is 4.90 Å². The van der Waals surface area contributed by atoms with Crippen LogP contribution in [-0.4, -0.2) is 51.1 Å². The van der Waals surface area contributed by atoms with Crippen LogP contribution in [0.25, 0.3) is 0 Å². The van der Waals surface area contributed by atoms with Gasteiger partial charge in [0.25, 0.3) is 10.0 Å². The van der Waals surface area contributed by atoms with Gasteiger partial charge >= 0.3 is 5.97 Å². The maximum absolute atomic E-state index is 14.2. The molecule has 7 nitrogen and oxygen atoms in total. The Morgan fingerprint density at radius 3 is 2.58 bits per heavy atom. The summed E-state index contributed by atoms with van der Waals surface area (Å²) < 4.78 is 49.1. The first-order chi connectivity index (χ1) is 17.0. The van der Waals surface area contributed by atoms with E-state index in [1.165, 1.54) is 25.3 Å². The van der Waals surface area contributed by atoms with Crippen molar-refractivity contribution in [3.8, 4) is 5.75 Å². The number of likely N-dealkylation sites (tertiary alicyclic amines) is 1. The molecule has 3 rings (SSSR count). The molecule has 9 heteroatoms. The van der Waals surface area contributed by atoms with Crippen molar-refractivity contribution < 1.29 is 27.4 Å². The van der Waals surface area contributed by atoms with Crippen LogP contribution in [0, 0.1) is 17.7 Å². The van der Waals surface area contributed by atoms with Crippen LogP contribution in [0.15, 0.2) is 35.2 Å². The van der Waals surface area contributed by atoms with Gasteiger partial charge in [-0.05, 0) is 85.5 Å². The van der Waals surface area contributed by atoms with Crippen molar-refractivity contribution in [1.29, 1.82) is 0 Å². The van der Waals surface area contributed by atoms with Crippen LogP contribution in [0.5, 0.6) is 5.75 Å². The predicted octanol–water partition coefficient (Wildman–Crippen LogP) is 5.37. The zero-order valence-corrected chi connectivity index (χ0v) is 22.5. The molecule has 1 aliphatic rings. The normalized spacial score (nSPS) is 17.7. The number of methoxy groups -OCH3 is 1. The number of carboxylic acid groups (broad SMARTS) is 1. The highest BCUT2D eigenvalue weighted by Gasteiger charge is 2.29. The Kier molecular flexibility index (Phi) is 9.00. The Bertz CT molecular complexity index is 1200. The molecule has 0 bridgehead atoms. The second kappa shape index (κ2) is 11.6. The van der Waals surface area contributed by atoms with Gasteiger partial charge in [0.1, 0.15) is 17.1 Å². The fourth-order valence-electron chi connectivity index (χ4n) is 4.92. The molecule has 0 saturated carbocycles. The molecule has 0 radical (unpaired) electrons. The van der Waals surface area contributed by atoms with Gasteiger partial charge in [0.2, 0.25) is 0 Å². The number of aromatic carboxylic acids is 1. The lowest BCUT2D eigenvalue weighted by molar-refractivity contribution is 0.0694. The number of carbonyl (C=O) groups is 1. The molecule has 2 aromatic carbocycles. The van der Waals surface area contributed by atoms with Gasteiger partial charge < -0.3 is 14.7 Å². The maximum Gasteiger partial charge on any atom is 0.341 e. The number of anilines is 1. The molecule has 1 aliphatic heterocycles. The SMILES string of the molecule is CCN1CCCC(Cc2cc(F)ccc2S(=O)(=O)Nc2ccc(C(C)C(C)C)c(OC)c2C(=O)O)C1. The molecule has 1 saturated heterocycles. The summed E-state index contributed by atoms with van der Waals surface area (Å²) in [5.41, 5.74) is 0.734. The number of sulfonamides is 1. The Hall–Kier alpha value is -2.65. The smallest absolute Gasteiger partial charge is 0.341 e. The monoisotopic (exact) mass is 520 g/mol. The van der Waals surface area contributed by atoms with Crippen LogP contribution in [0.2, 0.25) is 0 Å². The first-order valence-electron chi connectivity index (χ1n) is 12.5. The van der Waals surface area contributed by atoms with E-state index in [2.05, 4.69) is 16.5 Å². The highest BCUT2D eigenvalue weighted by molar-refractivity contribution is 7.92. The van der Waals surface area contributed by atoms with E-state index >= 15 is 0 Å². The van der Waals surface area contributed by atoms with Crippen LogP contribution in [0.4, 0.5) is 10.1 Å². The fourth-order valence-corrected chi connectivity index (χ4v) is 6.22. The molecule has 2 atom stereocenters. The van der Waals surface area contributed by atoms with Crippen LogP contribution in [-0.2, 0) is 16.4 Å². The maximum atomic E-state index is 14.2. The summed E-state index contributed by atoms with van der Waals surface area (Å²) in [4.78, 5) is 14.5. The van der Waals surface area contributed by atoms with E-state index in [0.29, 0.717) is 17.5 Å². The summed E-state index contributed by atoms with van der Waals surface area (Å²) in [6.07, 6.45) is 2.37. The minimum atomic E-state index is -4.21. The van der Waals surface area contributed by atoms with Crippen molar-refractivity contribution in [2.75, 3.05) is 31.5 Å². The molecule has 36 heavy (non-hydrogen) atoms. The van der Waals surface area contributed by atoms with E-state index in [9.17, 15) is 22.7 Å². The molecule has 2 N–H and O–H groups in total. The van der Waals surface area contributed by atoms with Crippen molar-refractivity contribution in [2.45, 2.75) is 57.8 Å². The number of carboxylic acids is 1. The summed E-state index contributed by atoms with van der Waals surface area (Å²) in [5.74, 6) is -1.26. The van der Waals surface area contributed by atoms with Crippen molar-refractivity contribution in [3.63, 3.8) is 0 Å². The lowest BCUT2D eigenvalue weighted by Gasteiger charge is -2.32. The molecule has 0 aromatic heterocycles. The van der Waals surface area contributed by atoms with Crippen LogP contribution in [0.1, 0.15) is 67.9 Å². The zero-order valence-electron chi connectivity index (χ0n) is 21.7. The molecule has 0 spiro atoms. The summed E-state index contributed by atoms with van der Waals surface area (Å²) in [6.45, 7) is 10.8. The topological polar surface area (TPSA) is 95.9 Å². The quantitative estimate of drug-likeness (QED) is 0.437. The van der Waals surface area contributed by atoms with Gasteiger partial charge in [-0.1, -0.05) is 33.8 Å². The third kappa shape index (κ3) is 6.18. The predicted molar refractivity (Wildman–Crippen MR) is 139 cm³/mol. The number of hydrogen-bond acceptors (Lipinski definition) is 5. The number of halogens is 1. The van der Waals surface area contributed by atoms with Crippen LogP contribution >= 0.6 is 0 Å². The zero-order chi connectivity index (χ0) is 26.6. The number of ether oxygens (including phenoxy) is 1. The third-order valence-electron chi connectivity index (χ3n) is 7.21. The van der Waals surface area contributed by atoms with Gasteiger partial charge in [0.15, 0.2) is 0 Å². The minimum Gasteiger partial charge on any atom is -0.495 e. The van der Waals surface area contributed by atoms with Crippen molar-refractivity contribution in [3.05, 3.63) is 52.8 Å². The molecule has 1 fully saturated rings. The fraction of sp³-hybridized carbons (Fsp3) is 0.519. The van der Waals surface area contributed by atoms with E-state index < -0.39 is 21.8 Å². The second-order valence-corrected chi connectivity index (χ2v) is 11.6. The molecule has 2 unspecified atom stereocenters. The number of nitrogens with one attached hydrogen (secondary N) is 1. The molecular formula is C27H37FN2O5S. The number of benzene rings is 2. The summed E-state index contributed by atoms with van der Waals surface area (Å²) in [7, 11) is -2.84. The average Bonchev–Trinajstić information content (AvgIpc) is 2.82. The Labute approximate surface area is 213 Å². The molecule has 2 aromatic rings. The first-order valence-corrected chi connectivity index (χ1v) is 13.9. The third-order valence-corrected chi connectivity index (χ3v) is 8.68. The summed E-state index contributed by atoms with van der Waals surface area (Å²) >= 11 is 0. The van der Waals surface area contributed by atoms with Crippen molar-refractivity contribution in [2.24, 2.45) is 11.8 Å². The number of nitrogens with zero attached hydrogens (tertiary/aromatic N) is 1. The number of rotatable bonds is 10. The second-order valence-electron chi connectivity index (χ2n) is 9.91. The Morgan fingerprint density at radius 1 is 1.25 bits per heavy atom. The summed E-state index contributed by atoms with van der Waals surface area (Å²) in [6, 6.07) is 6.79. The summed E-state index contributed by atoms with van der Waals surface area (Å²) in [5, 5.41) is 9.98. The van der Waals surface area contributed by atoms with E-state index in [4.69, 9.17) is 4.74 Å². The Morgan fingerprint density at radius 2 is 1.97 bits per heavy atom. The number of hydrogen-bond donors (Lipinski definition) is 2. The van der Waals surface area contributed by atoms with E-state index in [-0.39, 0.29) is 39.6 Å². The van der Waals surface area contributed by atoms with Gasteiger partial charge in [-0.25, -0.2) is 17.6 Å². The average molecular weight is 521 g/mol. The van der Waals surface area contributed by atoms with E-state index in [1.807, 2.05) is 20.8 Å². The van der Waals surface area contributed by atoms with E-state index in [1.54, 1.807) is 6.07 Å². The standard InChI is InChI=1S/C27H37FN2O5S/c1-6-30-13-7-8-19(16-30)14-20-15-21(28)9-12-24(20)36(33,34)29-23-11-10-22(18(4)17(2)3)26(35-5)25(23)27(31)32/h9-12,15,17-19,29H,6-8,13-14,16H2,1-5H3,(H,31,32). The molecule has 1 heterocycles. The molecule has 0 aliphatic carbocycles. The van der Waals surface area contributed by atoms with Gasteiger partial charge in [0, 0.05) is 6.54 Å². The van der Waals surface area contributed by atoms with Gasteiger partial charge in [-0.3, -0.25) is 4.72 Å². The number of piperidine rings is 1. The molecule has 198 valence electrons. The van der Waals surface area contributed by atoms with Crippen LogP contribution in [0.3, 0.4) is 0 Å². The van der Waals surface area contributed by atoms with Gasteiger partial charge in [0.05, 0.1) is 17.7 Å².